The number of amides is 1. The van der Waals surface area contributed by atoms with E-state index in [4.69, 9.17) is 11.5 Å². The summed E-state index contributed by atoms with van der Waals surface area (Å²) in [5.74, 6) is -0.532. The second kappa shape index (κ2) is 4.57. The summed E-state index contributed by atoms with van der Waals surface area (Å²) in [4.78, 5) is 21.3. The summed E-state index contributed by atoms with van der Waals surface area (Å²) in [7, 11) is 0. The monoisotopic (exact) mass is 284 g/mol. The molecule has 3 heterocycles. The molecule has 20 heavy (non-hydrogen) atoms. The molecule has 0 radical (unpaired) electrons. The van der Waals surface area contributed by atoms with Gasteiger partial charge in [-0.3, -0.25) is 9.78 Å². The number of nitrogens with zero attached hydrogens (tertiary/aromatic N) is 2. The number of carbonyl (C=O) groups is 1. The molecule has 0 atom stereocenters. The van der Waals surface area contributed by atoms with Crippen LogP contribution in [0.3, 0.4) is 0 Å². The number of aryl methyl sites for hydroxylation is 1. The van der Waals surface area contributed by atoms with Crippen LogP contribution in [0.4, 0.5) is 5.69 Å². The maximum Gasteiger partial charge on any atom is 0.260 e. The molecule has 6 heteroatoms. The Kier molecular flexibility index (Phi) is 2.87. The Morgan fingerprint density at radius 1 is 1.35 bits per heavy atom. The van der Waals surface area contributed by atoms with E-state index in [0.29, 0.717) is 15.4 Å². The van der Waals surface area contributed by atoms with Gasteiger partial charge in [-0.1, -0.05) is 6.07 Å². The van der Waals surface area contributed by atoms with E-state index >= 15 is 0 Å². The van der Waals surface area contributed by atoms with E-state index in [2.05, 4.69) is 9.97 Å². The molecule has 0 unspecified atom stereocenters. The predicted molar refractivity (Wildman–Crippen MR) is 80.5 cm³/mol. The smallest absolute Gasteiger partial charge is 0.260 e. The molecule has 0 aliphatic rings. The number of primary amides is 1. The van der Waals surface area contributed by atoms with Crippen LogP contribution in [0.5, 0.6) is 0 Å². The SMILES string of the molecule is Cc1cc(-c2ccccn2)c2c(N)c(C(N)=O)sc2n1. The third-order valence-electron chi connectivity index (χ3n) is 2.99. The van der Waals surface area contributed by atoms with E-state index in [9.17, 15) is 4.79 Å². The van der Waals surface area contributed by atoms with Crippen molar-refractivity contribution in [2.24, 2.45) is 5.73 Å². The molecule has 0 saturated heterocycles. The maximum atomic E-state index is 11.4. The highest BCUT2D eigenvalue weighted by molar-refractivity contribution is 7.21. The molecule has 3 aromatic rings. The van der Waals surface area contributed by atoms with Crippen molar-refractivity contribution in [2.45, 2.75) is 6.92 Å². The van der Waals surface area contributed by atoms with E-state index in [1.165, 1.54) is 11.3 Å². The minimum atomic E-state index is -0.532. The van der Waals surface area contributed by atoms with Gasteiger partial charge in [0.05, 0.1) is 11.4 Å². The van der Waals surface area contributed by atoms with Crippen LogP contribution in [0.1, 0.15) is 15.4 Å². The lowest BCUT2D eigenvalue weighted by Gasteiger charge is -2.05. The molecule has 5 nitrogen and oxygen atoms in total. The quantitative estimate of drug-likeness (QED) is 0.755. The van der Waals surface area contributed by atoms with Crippen molar-refractivity contribution in [1.29, 1.82) is 0 Å². The van der Waals surface area contributed by atoms with Gasteiger partial charge >= 0.3 is 0 Å². The Morgan fingerprint density at radius 2 is 2.15 bits per heavy atom. The van der Waals surface area contributed by atoms with Crippen LogP contribution >= 0.6 is 11.3 Å². The first kappa shape index (κ1) is 12.6. The van der Waals surface area contributed by atoms with Gasteiger partial charge in [-0.25, -0.2) is 4.98 Å². The van der Waals surface area contributed by atoms with Gasteiger partial charge in [0, 0.05) is 22.8 Å². The molecule has 4 N–H and O–H groups in total. The number of thiophene rings is 1. The number of aromatic nitrogens is 2. The van der Waals surface area contributed by atoms with E-state index in [0.717, 1.165) is 22.3 Å². The summed E-state index contributed by atoms with van der Waals surface area (Å²) < 4.78 is 0. The number of nitrogen functional groups attached to an aromatic ring is 1. The number of fused-ring (bicyclic) bond motifs is 1. The van der Waals surface area contributed by atoms with Gasteiger partial charge in [-0.05, 0) is 25.1 Å². The highest BCUT2D eigenvalue weighted by Crippen LogP contribution is 2.38. The van der Waals surface area contributed by atoms with Crippen molar-refractivity contribution in [3.05, 3.63) is 41.0 Å². The average molecular weight is 284 g/mol. The van der Waals surface area contributed by atoms with E-state index in [1.54, 1.807) is 6.20 Å². The molecule has 0 bridgehead atoms. The van der Waals surface area contributed by atoms with Crippen molar-refractivity contribution in [3.8, 4) is 11.3 Å². The lowest BCUT2D eigenvalue weighted by molar-refractivity contribution is 0.100. The summed E-state index contributed by atoms with van der Waals surface area (Å²) in [5.41, 5.74) is 14.3. The molecule has 0 aromatic carbocycles. The third-order valence-corrected chi connectivity index (χ3v) is 4.11. The van der Waals surface area contributed by atoms with Crippen LogP contribution in [0.25, 0.3) is 21.5 Å². The van der Waals surface area contributed by atoms with Gasteiger partial charge in [0.25, 0.3) is 5.91 Å². The molecule has 3 rings (SSSR count). The Labute approximate surface area is 119 Å². The number of rotatable bonds is 2. The van der Waals surface area contributed by atoms with Gasteiger partial charge in [-0.15, -0.1) is 11.3 Å². The van der Waals surface area contributed by atoms with Crippen molar-refractivity contribution >= 4 is 33.1 Å². The predicted octanol–water partition coefficient (Wildman–Crippen LogP) is 2.35. The fourth-order valence-electron chi connectivity index (χ4n) is 2.15. The van der Waals surface area contributed by atoms with Crippen molar-refractivity contribution in [3.63, 3.8) is 0 Å². The number of nitrogens with two attached hydrogens (primary N) is 2. The largest absolute Gasteiger partial charge is 0.397 e. The van der Waals surface area contributed by atoms with Crippen molar-refractivity contribution in [1.82, 2.24) is 9.97 Å². The zero-order valence-corrected chi connectivity index (χ0v) is 11.6. The fourth-order valence-corrected chi connectivity index (χ4v) is 3.17. The summed E-state index contributed by atoms with van der Waals surface area (Å²) in [5, 5.41) is 0.744. The summed E-state index contributed by atoms with van der Waals surface area (Å²) in [6, 6.07) is 7.57. The topological polar surface area (TPSA) is 94.9 Å². The summed E-state index contributed by atoms with van der Waals surface area (Å²) in [6.07, 6.45) is 1.72. The summed E-state index contributed by atoms with van der Waals surface area (Å²) in [6.45, 7) is 1.89. The Balaban J connectivity index is 2.40. The molecular formula is C14H12N4OS. The fraction of sp³-hybridized carbons (Fsp3) is 0.0714. The van der Waals surface area contributed by atoms with Crippen LogP contribution in [0.15, 0.2) is 30.5 Å². The standard InChI is InChI=1S/C14H12N4OS/c1-7-6-8(9-4-2-3-5-17-9)10-11(15)12(13(16)19)20-14(10)18-7/h2-6H,15H2,1H3,(H2,16,19). The Hall–Kier alpha value is -2.47. The lowest BCUT2D eigenvalue weighted by atomic mass is 10.1. The normalized spacial score (nSPS) is 10.8. The molecule has 0 saturated carbocycles. The van der Waals surface area contributed by atoms with Crippen LogP contribution in [-0.4, -0.2) is 15.9 Å². The highest BCUT2D eigenvalue weighted by atomic mass is 32.1. The number of carbonyl (C=O) groups excluding carboxylic acids is 1. The van der Waals surface area contributed by atoms with Gasteiger partial charge in [0.15, 0.2) is 0 Å². The zero-order valence-electron chi connectivity index (χ0n) is 10.8. The molecule has 0 spiro atoms. The first-order valence-electron chi connectivity index (χ1n) is 5.98. The van der Waals surface area contributed by atoms with Crippen LogP contribution < -0.4 is 11.5 Å². The maximum absolute atomic E-state index is 11.4. The lowest BCUT2D eigenvalue weighted by Crippen LogP contribution is -2.10. The second-order valence-corrected chi connectivity index (χ2v) is 5.41. The molecule has 0 aliphatic carbocycles. The van der Waals surface area contributed by atoms with Crippen LogP contribution in [0.2, 0.25) is 0 Å². The average Bonchev–Trinajstić information content (AvgIpc) is 2.76. The van der Waals surface area contributed by atoms with Crippen molar-refractivity contribution < 1.29 is 4.79 Å². The van der Waals surface area contributed by atoms with E-state index in [-0.39, 0.29) is 0 Å². The van der Waals surface area contributed by atoms with Gasteiger partial charge in [0.1, 0.15) is 9.71 Å². The minimum absolute atomic E-state index is 0.343. The summed E-state index contributed by atoms with van der Waals surface area (Å²) >= 11 is 1.22. The first-order valence-corrected chi connectivity index (χ1v) is 6.80. The molecule has 0 fully saturated rings. The van der Waals surface area contributed by atoms with Crippen LogP contribution in [0, 0.1) is 6.92 Å². The number of hydrogen-bond acceptors (Lipinski definition) is 5. The molecule has 3 aromatic heterocycles. The zero-order chi connectivity index (χ0) is 14.3. The van der Waals surface area contributed by atoms with Gasteiger partial charge < -0.3 is 11.5 Å². The van der Waals surface area contributed by atoms with Crippen molar-refractivity contribution in [2.75, 3.05) is 5.73 Å². The highest BCUT2D eigenvalue weighted by Gasteiger charge is 2.19. The van der Waals surface area contributed by atoms with Gasteiger partial charge in [-0.2, -0.15) is 0 Å². The van der Waals surface area contributed by atoms with E-state index in [1.807, 2.05) is 31.2 Å². The van der Waals surface area contributed by atoms with E-state index < -0.39 is 5.91 Å². The number of hydrogen-bond donors (Lipinski definition) is 2. The second-order valence-electron chi connectivity index (χ2n) is 4.42. The molecular weight excluding hydrogens is 272 g/mol. The molecule has 1 amide bonds. The Morgan fingerprint density at radius 3 is 2.80 bits per heavy atom. The minimum Gasteiger partial charge on any atom is -0.397 e. The number of pyridine rings is 2. The Bertz CT molecular complexity index is 811. The van der Waals surface area contributed by atoms with Gasteiger partial charge in [0.2, 0.25) is 0 Å². The van der Waals surface area contributed by atoms with Crippen LogP contribution in [-0.2, 0) is 0 Å². The molecule has 0 aliphatic heterocycles. The third kappa shape index (κ3) is 1.90. The first-order chi connectivity index (χ1) is 9.58. The number of anilines is 1. The molecule has 100 valence electrons.